The van der Waals surface area contributed by atoms with Crippen LogP contribution in [-0.4, -0.2) is 45.4 Å². The Hall–Kier alpha value is -2.93. The average molecular weight is 362 g/mol. The van der Waals surface area contributed by atoms with Crippen molar-refractivity contribution in [2.24, 2.45) is 7.05 Å². The van der Waals surface area contributed by atoms with Crippen LogP contribution in [0.4, 0.5) is 11.5 Å². The van der Waals surface area contributed by atoms with Crippen molar-refractivity contribution in [2.45, 2.75) is 19.4 Å². The van der Waals surface area contributed by atoms with Gasteiger partial charge in [0, 0.05) is 62.8 Å². The number of nitrogens with two attached hydrogens (primary N) is 1. The Labute approximate surface area is 159 Å². The lowest BCUT2D eigenvalue weighted by Crippen LogP contribution is -2.52. The summed E-state index contributed by atoms with van der Waals surface area (Å²) in [4.78, 5) is 11.3. The van der Waals surface area contributed by atoms with Gasteiger partial charge in [0.2, 0.25) is 0 Å². The Bertz CT molecular complexity index is 934. The topological polar surface area (TPSA) is 84.9 Å². The number of aromatic nitrogens is 4. The molecule has 1 aliphatic heterocycles. The molecular weight excluding hydrogens is 338 g/mol. The molecule has 1 fully saturated rings. The molecule has 0 bridgehead atoms. The number of hydrogen-bond donors (Lipinski definition) is 2. The van der Waals surface area contributed by atoms with Gasteiger partial charge in [-0.15, -0.1) is 0 Å². The third kappa shape index (κ3) is 3.93. The summed E-state index contributed by atoms with van der Waals surface area (Å²) in [7, 11) is 1.89. The number of nitrogens with one attached hydrogen (secondary N) is 1. The van der Waals surface area contributed by atoms with E-state index in [0.717, 1.165) is 48.7 Å². The molecule has 1 atom stereocenters. The molecule has 4 rings (SSSR count). The van der Waals surface area contributed by atoms with E-state index in [1.807, 2.05) is 25.5 Å². The van der Waals surface area contributed by atoms with Crippen LogP contribution in [0.15, 0.2) is 36.8 Å². The predicted octanol–water partition coefficient (Wildman–Crippen LogP) is 1.59. The SMILES string of the molecule is Cc1ccnc(CC2CNCCN2c2[c]c(N)nc(-c3cnn(C)c3)c2)c1. The number of rotatable bonds is 4. The van der Waals surface area contributed by atoms with Crippen LogP contribution in [0.2, 0.25) is 0 Å². The first-order valence-electron chi connectivity index (χ1n) is 9.16. The summed E-state index contributed by atoms with van der Waals surface area (Å²) in [6.07, 6.45) is 6.49. The van der Waals surface area contributed by atoms with Gasteiger partial charge in [-0.05, 0) is 30.7 Å². The summed E-state index contributed by atoms with van der Waals surface area (Å²) < 4.78 is 1.76. The van der Waals surface area contributed by atoms with Crippen molar-refractivity contribution >= 4 is 11.5 Å². The Morgan fingerprint density at radius 2 is 2.26 bits per heavy atom. The van der Waals surface area contributed by atoms with Gasteiger partial charge in [-0.1, -0.05) is 0 Å². The number of pyridine rings is 2. The first-order valence-corrected chi connectivity index (χ1v) is 9.16. The minimum atomic E-state index is 0.285. The highest BCUT2D eigenvalue weighted by Crippen LogP contribution is 2.27. The van der Waals surface area contributed by atoms with Gasteiger partial charge in [0.25, 0.3) is 0 Å². The van der Waals surface area contributed by atoms with E-state index in [4.69, 9.17) is 5.73 Å². The van der Waals surface area contributed by atoms with E-state index in [0.29, 0.717) is 5.82 Å². The van der Waals surface area contributed by atoms with E-state index in [9.17, 15) is 0 Å². The Kier molecular flexibility index (Phi) is 4.77. The van der Waals surface area contributed by atoms with Crippen molar-refractivity contribution in [2.75, 3.05) is 30.3 Å². The largest absolute Gasteiger partial charge is 0.383 e. The van der Waals surface area contributed by atoms with E-state index in [-0.39, 0.29) is 6.04 Å². The zero-order chi connectivity index (χ0) is 18.8. The second-order valence-electron chi connectivity index (χ2n) is 7.02. The van der Waals surface area contributed by atoms with E-state index >= 15 is 0 Å². The lowest BCUT2D eigenvalue weighted by atomic mass is 10.0. The third-order valence-corrected chi connectivity index (χ3v) is 4.85. The molecule has 3 aromatic rings. The van der Waals surface area contributed by atoms with Gasteiger partial charge < -0.3 is 16.0 Å². The van der Waals surface area contributed by atoms with E-state index < -0.39 is 0 Å². The molecule has 0 amide bonds. The standard InChI is InChI=1S/C20H24N7/c1-14-3-4-23-16(7-14)8-18-12-22-5-6-27(18)17-9-19(25-20(21)10-17)15-11-24-26(2)13-15/h3-4,7,9,11,13,18,22H,5-6,8,12H2,1-2H3,(H2,21,25). The Balaban J connectivity index is 1.64. The van der Waals surface area contributed by atoms with Crippen LogP contribution >= 0.6 is 0 Å². The molecule has 0 aromatic carbocycles. The van der Waals surface area contributed by atoms with Gasteiger partial charge in [0.15, 0.2) is 0 Å². The fourth-order valence-electron chi connectivity index (χ4n) is 3.56. The summed E-state index contributed by atoms with van der Waals surface area (Å²) in [5.74, 6) is 0.400. The molecule has 7 nitrogen and oxygen atoms in total. The van der Waals surface area contributed by atoms with Crippen LogP contribution in [0.3, 0.4) is 0 Å². The van der Waals surface area contributed by atoms with Crippen LogP contribution in [0.5, 0.6) is 0 Å². The molecule has 139 valence electrons. The normalized spacial score (nSPS) is 17.3. The zero-order valence-corrected chi connectivity index (χ0v) is 15.7. The summed E-state index contributed by atoms with van der Waals surface area (Å²) in [6.45, 7) is 4.81. The molecule has 1 aliphatic rings. The third-order valence-electron chi connectivity index (χ3n) is 4.85. The van der Waals surface area contributed by atoms with Crippen LogP contribution in [0.25, 0.3) is 11.3 Å². The van der Waals surface area contributed by atoms with Crippen LogP contribution in [0, 0.1) is 13.0 Å². The second kappa shape index (κ2) is 7.36. The fourth-order valence-corrected chi connectivity index (χ4v) is 3.56. The minimum absolute atomic E-state index is 0.285. The van der Waals surface area contributed by atoms with Crippen LogP contribution < -0.4 is 16.0 Å². The zero-order valence-electron chi connectivity index (χ0n) is 15.7. The summed E-state index contributed by atoms with van der Waals surface area (Å²) in [5.41, 5.74) is 11.2. The van der Waals surface area contributed by atoms with Crippen LogP contribution in [0.1, 0.15) is 11.3 Å². The van der Waals surface area contributed by atoms with Crippen molar-refractivity contribution in [1.82, 2.24) is 25.1 Å². The lowest BCUT2D eigenvalue weighted by molar-refractivity contribution is 0.470. The highest BCUT2D eigenvalue weighted by atomic mass is 15.2. The lowest BCUT2D eigenvalue weighted by Gasteiger charge is -2.38. The second-order valence-corrected chi connectivity index (χ2v) is 7.02. The number of hydrogen-bond acceptors (Lipinski definition) is 6. The first kappa shape index (κ1) is 17.5. The number of nitrogen functional groups attached to an aromatic ring is 1. The number of anilines is 2. The van der Waals surface area contributed by atoms with Gasteiger partial charge in [-0.3, -0.25) is 9.67 Å². The molecule has 27 heavy (non-hydrogen) atoms. The van der Waals surface area contributed by atoms with Gasteiger partial charge >= 0.3 is 0 Å². The molecule has 7 heteroatoms. The maximum absolute atomic E-state index is 6.08. The molecule has 1 saturated heterocycles. The Morgan fingerprint density at radius 3 is 3.04 bits per heavy atom. The molecule has 4 heterocycles. The van der Waals surface area contributed by atoms with Crippen LogP contribution in [-0.2, 0) is 13.5 Å². The van der Waals surface area contributed by atoms with Gasteiger partial charge in [0.1, 0.15) is 5.82 Å². The highest BCUT2D eigenvalue weighted by molar-refractivity contribution is 5.67. The highest BCUT2D eigenvalue weighted by Gasteiger charge is 2.24. The van der Waals surface area contributed by atoms with Crippen molar-refractivity contribution < 1.29 is 0 Å². The predicted molar refractivity (Wildman–Crippen MR) is 106 cm³/mol. The summed E-state index contributed by atoms with van der Waals surface area (Å²) in [5, 5.41) is 7.73. The Morgan fingerprint density at radius 1 is 1.37 bits per heavy atom. The molecular formula is C20H24N7. The molecule has 1 unspecified atom stereocenters. The molecule has 1 radical (unpaired) electrons. The van der Waals surface area contributed by atoms with E-state index in [1.165, 1.54) is 5.56 Å². The van der Waals surface area contributed by atoms with E-state index in [2.05, 4.69) is 50.4 Å². The minimum Gasteiger partial charge on any atom is -0.383 e. The van der Waals surface area contributed by atoms with Crippen molar-refractivity contribution in [3.05, 3.63) is 54.1 Å². The number of piperazine rings is 1. The molecule has 3 aromatic heterocycles. The smallest absolute Gasteiger partial charge is 0.134 e. The molecule has 0 saturated carbocycles. The molecule has 3 N–H and O–H groups in total. The fraction of sp³-hybridized carbons (Fsp3) is 0.350. The average Bonchev–Trinajstić information content (AvgIpc) is 3.08. The number of aryl methyl sites for hydroxylation is 2. The van der Waals surface area contributed by atoms with Gasteiger partial charge in [-0.2, -0.15) is 5.10 Å². The molecule has 0 aliphatic carbocycles. The van der Waals surface area contributed by atoms with Crippen molar-refractivity contribution in [3.63, 3.8) is 0 Å². The van der Waals surface area contributed by atoms with Crippen molar-refractivity contribution in [1.29, 1.82) is 0 Å². The maximum Gasteiger partial charge on any atom is 0.134 e. The summed E-state index contributed by atoms with van der Waals surface area (Å²) in [6, 6.07) is 9.75. The van der Waals surface area contributed by atoms with E-state index in [1.54, 1.807) is 10.9 Å². The first-order chi connectivity index (χ1) is 13.1. The van der Waals surface area contributed by atoms with Gasteiger partial charge in [-0.25, -0.2) is 4.98 Å². The van der Waals surface area contributed by atoms with Crippen molar-refractivity contribution in [3.8, 4) is 11.3 Å². The summed E-state index contributed by atoms with van der Waals surface area (Å²) >= 11 is 0. The molecule has 0 spiro atoms. The quantitative estimate of drug-likeness (QED) is 0.733. The number of nitrogens with zero attached hydrogens (tertiary/aromatic N) is 5. The monoisotopic (exact) mass is 362 g/mol. The van der Waals surface area contributed by atoms with Gasteiger partial charge in [0.05, 0.1) is 23.6 Å². The maximum atomic E-state index is 6.08.